The third-order valence-electron chi connectivity index (χ3n) is 6.75. The van der Waals surface area contributed by atoms with Crippen molar-refractivity contribution in [3.05, 3.63) is 40.5 Å². The summed E-state index contributed by atoms with van der Waals surface area (Å²) in [4.78, 5) is 0. The Morgan fingerprint density at radius 2 is 2.00 bits per heavy atom. The molecule has 0 saturated heterocycles. The highest BCUT2D eigenvalue weighted by atomic mass is 16.3. The summed E-state index contributed by atoms with van der Waals surface area (Å²) in [5.74, 6) is 0.387. The van der Waals surface area contributed by atoms with Crippen molar-refractivity contribution in [2.75, 3.05) is 0 Å². The van der Waals surface area contributed by atoms with Crippen molar-refractivity contribution < 1.29 is 10.2 Å². The number of fused-ring (bicyclic) bond motifs is 4. The van der Waals surface area contributed by atoms with E-state index in [1.54, 1.807) is 11.1 Å². The van der Waals surface area contributed by atoms with Crippen LogP contribution in [-0.2, 0) is 11.8 Å². The second-order valence-electron chi connectivity index (χ2n) is 7.86. The third-order valence-corrected chi connectivity index (χ3v) is 6.75. The van der Waals surface area contributed by atoms with E-state index in [0.29, 0.717) is 5.75 Å². The Bertz CT molecular complexity index is 660. The molecule has 0 unspecified atom stereocenters. The molecule has 2 N–H and O–H groups in total. The van der Waals surface area contributed by atoms with Crippen molar-refractivity contribution in [1.29, 1.82) is 0 Å². The quantitative estimate of drug-likeness (QED) is 0.761. The van der Waals surface area contributed by atoms with Gasteiger partial charge in [0.25, 0.3) is 0 Å². The second kappa shape index (κ2) is 4.61. The molecule has 1 saturated carbocycles. The van der Waals surface area contributed by atoms with Gasteiger partial charge < -0.3 is 10.2 Å². The van der Waals surface area contributed by atoms with Gasteiger partial charge in [0.15, 0.2) is 0 Å². The first-order chi connectivity index (χ1) is 10.5. The molecule has 1 aromatic carbocycles. The Balaban J connectivity index is 1.93. The Morgan fingerprint density at radius 3 is 2.77 bits per heavy atom. The lowest BCUT2D eigenvalue weighted by Crippen LogP contribution is -2.40. The molecule has 0 radical (unpaired) electrons. The Kier molecular flexibility index (Phi) is 3.00. The molecule has 0 amide bonds. The van der Waals surface area contributed by atoms with Gasteiger partial charge in [-0.1, -0.05) is 31.1 Å². The second-order valence-corrected chi connectivity index (χ2v) is 7.86. The van der Waals surface area contributed by atoms with Gasteiger partial charge in [0, 0.05) is 5.41 Å². The summed E-state index contributed by atoms with van der Waals surface area (Å²) in [6.07, 6.45) is 7.27. The molecule has 118 valence electrons. The van der Waals surface area contributed by atoms with E-state index in [-0.39, 0.29) is 16.9 Å². The minimum Gasteiger partial charge on any atom is -0.508 e. The van der Waals surface area contributed by atoms with E-state index < -0.39 is 0 Å². The number of hydrogen-bond acceptors (Lipinski definition) is 2. The Morgan fingerprint density at radius 1 is 1.18 bits per heavy atom. The first kappa shape index (κ1) is 14.3. The molecule has 0 heterocycles. The van der Waals surface area contributed by atoms with Crippen LogP contribution in [0.4, 0.5) is 0 Å². The number of aliphatic hydroxyl groups excluding tert-OH is 1. The highest BCUT2D eigenvalue weighted by Crippen LogP contribution is 2.60. The van der Waals surface area contributed by atoms with E-state index >= 15 is 0 Å². The number of phenols is 1. The van der Waals surface area contributed by atoms with Gasteiger partial charge in [-0.15, -0.1) is 0 Å². The third kappa shape index (κ3) is 1.76. The van der Waals surface area contributed by atoms with Crippen molar-refractivity contribution in [3.8, 4) is 5.75 Å². The fraction of sp³-hybridized carbons (Fsp3) is 0.600. The molecule has 0 spiro atoms. The van der Waals surface area contributed by atoms with Crippen LogP contribution in [0.3, 0.4) is 0 Å². The van der Waals surface area contributed by atoms with Crippen molar-refractivity contribution >= 4 is 0 Å². The molecule has 0 bridgehead atoms. The molecule has 2 heteroatoms. The number of rotatable bonds is 1. The maximum atomic E-state index is 10.2. The highest BCUT2D eigenvalue weighted by molar-refractivity contribution is 5.52. The normalized spacial score (nSPS) is 36.8. The molecular weight excluding hydrogens is 272 g/mol. The Labute approximate surface area is 132 Å². The fourth-order valence-electron chi connectivity index (χ4n) is 5.65. The average molecular weight is 298 g/mol. The van der Waals surface area contributed by atoms with E-state index in [0.717, 1.165) is 32.1 Å². The van der Waals surface area contributed by atoms with Crippen LogP contribution in [0, 0.1) is 5.41 Å². The van der Waals surface area contributed by atoms with Gasteiger partial charge >= 0.3 is 0 Å². The van der Waals surface area contributed by atoms with Gasteiger partial charge in [0.05, 0.1) is 6.10 Å². The summed E-state index contributed by atoms with van der Waals surface area (Å²) in [5, 5.41) is 20.1. The highest BCUT2D eigenvalue weighted by Gasteiger charge is 2.51. The van der Waals surface area contributed by atoms with Gasteiger partial charge in [0.1, 0.15) is 5.75 Å². The minimum atomic E-state index is -0.152. The molecular formula is C20H26O2. The number of hydrogen-bond donors (Lipinski definition) is 2. The predicted octanol–water partition coefficient (Wildman–Crippen LogP) is 4.24. The maximum absolute atomic E-state index is 10.2. The number of aryl methyl sites for hydroxylation is 1. The zero-order chi connectivity index (χ0) is 15.5. The Hall–Kier alpha value is -1.28. The lowest BCUT2D eigenvalue weighted by Gasteiger charge is -2.49. The summed E-state index contributed by atoms with van der Waals surface area (Å²) >= 11 is 0. The van der Waals surface area contributed by atoms with E-state index in [4.69, 9.17) is 0 Å². The zero-order valence-corrected chi connectivity index (χ0v) is 13.7. The number of phenolic OH excluding ortho intramolecular Hbond substituents is 1. The maximum Gasteiger partial charge on any atom is 0.115 e. The lowest BCUT2D eigenvalue weighted by molar-refractivity contribution is 0.155. The largest absolute Gasteiger partial charge is 0.508 e. The SMILES string of the molecule is CC[C@]12CC[C@]3(C)C[C@H](O)CC3=C1CCc1cc(O)ccc12. The number of benzene rings is 1. The van der Waals surface area contributed by atoms with Crippen LogP contribution >= 0.6 is 0 Å². The number of aromatic hydroxyl groups is 1. The molecule has 3 atom stereocenters. The topological polar surface area (TPSA) is 40.5 Å². The smallest absolute Gasteiger partial charge is 0.115 e. The summed E-state index contributed by atoms with van der Waals surface area (Å²) in [6.45, 7) is 4.66. The van der Waals surface area contributed by atoms with Crippen LogP contribution < -0.4 is 0 Å². The lowest BCUT2D eigenvalue weighted by atomic mass is 9.55. The standard InChI is InChI=1S/C20H26O2/c1-3-20-9-8-19(2)12-15(22)11-18(19)17(20)6-4-13-10-14(21)5-7-16(13)20/h5,7,10,15,21-22H,3-4,6,8-9,11-12H2,1-2H3/t15-,19-,20-/m1/s1. The average Bonchev–Trinajstić information content (AvgIpc) is 2.80. The van der Waals surface area contributed by atoms with Crippen LogP contribution in [0.25, 0.3) is 0 Å². The molecule has 3 aliphatic rings. The van der Waals surface area contributed by atoms with E-state index in [9.17, 15) is 10.2 Å². The molecule has 0 aliphatic heterocycles. The van der Waals surface area contributed by atoms with Crippen LogP contribution in [0.2, 0.25) is 0 Å². The van der Waals surface area contributed by atoms with Crippen LogP contribution in [0.15, 0.2) is 29.3 Å². The van der Waals surface area contributed by atoms with Gasteiger partial charge in [-0.2, -0.15) is 0 Å². The molecule has 2 nitrogen and oxygen atoms in total. The number of allylic oxidation sites excluding steroid dienone is 1. The van der Waals surface area contributed by atoms with Crippen molar-refractivity contribution in [3.63, 3.8) is 0 Å². The van der Waals surface area contributed by atoms with E-state index in [1.165, 1.54) is 24.0 Å². The van der Waals surface area contributed by atoms with Crippen LogP contribution in [0.1, 0.15) is 63.5 Å². The van der Waals surface area contributed by atoms with Gasteiger partial charge in [-0.3, -0.25) is 0 Å². The summed E-state index contributed by atoms with van der Waals surface area (Å²) < 4.78 is 0. The number of aliphatic hydroxyl groups is 1. The summed E-state index contributed by atoms with van der Waals surface area (Å²) in [7, 11) is 0. The van der Waals surface area contributed by atoms with Crippen LogP contribution in [0.5, 0.6) is 5.75 Å². The van der Waals surface area contributed by atoms with E-state index in [2.05, 4.69) is 19.9 Å². The minimum absolute atomic E-state index is 0.152. The van der Waals surface area contributed by atoms with Crippen LogP contribution in [-0.4, -0.2) is 16.3 Å². The molecule has 4 rings (SSSR count). The summed E-state index contributed by atoms with van der Waals surface area (Å²) in [6, 6.07) is 5.97. The van der Waals surface area contributed by atoms with Crippen molar-refractivity contribution in [2.24, 2.45) is 5.41 Å². The van der Waals surface area contributed by atoms with E-state index in [1.807, 2.05) is 12.1 Å². The zero-order valence-electron chi connectivity index (χ0n) is 13.7. The molecule has 0 aromatic heterocycles. The molecule has 1 aromatic rings. The van der Waals surface area contributed by atoms with Gasteiger partial charge in [-0.05, 0) is 73.6 Å². The molecule has 3 aliphatic carbocycles. The van der Waals surface area contributed by atoms with Gasteiger partial charge in [-0.25, -0.2) is 0 Å². The first-order valence-electron chi connectivity index (χ1n) is 8.72. The molecule has 22 heavy (non-hydrogen) atoms. The van der Waals surface area contributed by atoms with Crippen molar-refractivity contribution in [1.82, 2.24) is 0 Å². The fourth-order valence-corrected chi connectivity index (χ4v) is 5.65. The van der Waals surface area contributed by atoms with Gasteiger partial charge in [0.2, 0.25) is 0 Å². The molecule has 1 fully saturated rings. The summed E-state index contributed by atoms with van der Waals surface area (Å²) in [5.41, 5.74) is 6.32. The first-order valence-corrected chi connectivity index (χ1v) is 8.72. The predicted molar refractivity (Wildman–Crippen MR) is 88.0 cm³/mol. The van der Waals surface area contributed by atoms with Crippen molar-refractivity contribution in [2.45, 2.75) is 70.3 Å². The monoisotopic (exact) mass is 298 g/mol.